The van der Waals surface area contributed by atoms with E-state index in [-0.39, 0.29) is 12.7 Å². The molecule has 5 heteroatoms. The maximum absolute atomic E-state index is 11.3. The van der Waals surface area contributed by atoms with Gasteiger partial charge < -0.3 is 19.3 Å². The average Bonchev–Trinajstić information content (AvgIpc) is 2.36. The molecule has 1 heterocycles. The number of esters is 1. The fourth-order valence-electron chi connectivity index (χ4n) is 1.45. The zero-order valence-corrected chi connectivity index (χ0v) is 8.80. The molecule has 0 aromatic heterocycles. The van der Waals surface area contributed by atoms with Crippen LogP contribution in [0.15, 0.2) is 18.2 Å². The summed E-state index contributed by atoms with van der Waals surface area (Å²) in [6, 6.07) is 4.80. The maximum atomic E-state index is 11.3. The van der Waals surface area contributed by atoms with Crippen molar-refractivity contribution in [1.82, 2.24) is 0 Å². The number of rotatable bonds is 2. The molecule has 1 aromatic rings. The van der Waals surface area contributed by atoms with Crippen LogP contribution in [-0.2, 0) is 4.74 Å². The summed E-state index contributed by atoms with van der Waals surface area (Å²) in [5.74, 6) is 0.586. The summed E-state index contributed by atoms with van der Waals surface area (Å²) >= 11 is 0. The molecule has 86 valence electrons. The number of methoxy groups -OCH3 is 1. The van der Waals surface area contributed by atoms with Crippen LogP contribution in [0.1, 0.15) is 10.4 Å². The predicted molar refractivity (Wildman–Crippen MR) is 54.8 cm³/mol. The van der Waals surface area contributed by atoms with Crippen LogP contribution < -0.4 is 9.47 Å². The normalized spacial score (nSPS) is 18.0. The van der Waals surface area contributed by atoms with Gasteiger partial charge in [0.15, 0.2) is 17.6 Å². The van der Waals surface area contributed by atoms with Crippen molar-refractivity contribution in [2.45, 2.75) is 6.10 Å². The van der Waals surface area contributed by atoms with Crippen molar-refractivity contribution in [2.24, 2.45) is 0 Å². The molecule has 16 heavy (non-hydrogen) atoms. The zero-order chi connectivity index (χ0) is 11.5. The molecule has 1 aliphatic heterocycles. The molecule has 1 N–H and O–H groups in total. The Labute approximate surface area is 92.5 Å². The molecule has 0 amide bonds. The maximum Gasteiger partial charge on any atom is 0.337 e. The molecule has 0 fully saturated rings. The van der Waals surface area contributed by atoms with E-state index in [2.05, 4.69) is 4.74 Å². The van der Waals surface area contributed by atoms with E-state index in [1.807, 2.05) is 0 Å². The number of fused-ring (bicyclic) bond motifs is 1. The van der Waals surface area contributed by atoms with E-state index in [0.29, 0.717) is 23.7 Å². The van der Waals surface area contributed by atoms with Crippen LogP contribution in [0.25, 0.3) is 0 Å². The van der Waals surface area contributed by atoms with Crippen LogP contribution in [0.5, 0.6) is 11.5 Å². The number of hydrogen-bond acceptors (Lipinski definition) is 5. The number of benzene rings is 1. The number of hydrogen-bond donors (Lipinski definition) is 1. The molecule has 1 aliphatic rings. The van der Waals surface area contributed by atoms with Gasteiger partial charge >= 0.3 is 5.97 Å². The summed E-state index contributed by atoms with van der Waals surface area (Å²) in [4.78, 5) is 11.3. The second-order valence-electron chi connectivity index (χ2n) is 3.39. The summed E-state index contributed by atoms with van der Waals surface area (Å²) in [5.41, 5.74) is 0.392. The molecule has 0 aliphatic carbocycles. The molecule has 1 aromatic carbocycles. The molecule has 0 radical (unpaired) electrons. The molecule has 0 saturated carbocycles. The highest BCUT2D eigenvalue weighted by molar-refractivity contribution is 5.90. The van der Waals surface area contributed by atoms with Gasteiger partial charge in [0.1, 0.15) is 6.61 Å². The first-order valence-electron chi connectivity index (χ1n) is 4.87. The van der Waals surface area contributed by atoms with Crippen molar-refractivity contribution in [3.8, 4) is 11.5 Å². The van der Waals surface area contributed by atoms with Crippen LogP contribution in [0.2, 0.25) is 0 Å². The lowest BCUT2D eigenvalue weighted by molar-refractivity contribution is 0.0450. The van der Waals surface area contributed by atoms with E-state index in [1.165, 1.54) is 7.11 Å². The minimum Gasteiger partial charge on any atom is -0.486 e. The minimum absolute atomic E-state index is 0.123. The first-order valence-corrected chi connectivity index (χ1v) is 4.87. The second kappa shape index (κ2) is 4.40. The molecule has 1 atom stereocenters. The minimum atomic E-state index is -0.433. The Morgan fingerprint density at radius 3 is 3.06 bits per heavy atom. The van der Waals surface area contributed by atoms with Gasteiger partial charge in [-0.3, -0.25) is 0 Å². The Kier molecular flexibility index (Phi) is 2.96. The molecule has 2 rings (SSSR count). The highest BCUT2D eigenvalue weighted by Gasteiger charge is 2.21. The van der Waals surface area contributed by atoms with Crippen LogP contribution in [0.3, 0.4) is 0 Å². The Hall–Kier alpha value is -1.75. The van der Waals surface area contributed by atoms with Gasteiger partial charge in [-0.25, -0.2) is 4.79 Å². The van der Waals surface area contributed by atoms with E-state index in [9.17, 15) is 4.79 Å². The molecule has 5 nitrogen and oxygen atoms in total. The van der Waals surface area contributed by atoms with Gasteiger partial charge in [-0.1, -0.05) is 0 Å². The second-order valence-corrected chi connectivity index (χ2v) is 3.39. The largest absolute Gasteiger partial charge is 0.486 e. The lowest BCUT2D eigenvalue weighted by Gasteiger charge is -2.25. The highest BCUT2D eigenvalue weighted by Crippen LogP contribution is 2.32. The molecular weight excluding hydrogens is 212 g/mol. The van der Waals surface area contributed by atoms with E-state index < -0.39 is 5.97 Å². The van der Waals surface area contributed by atoms with Gasteiger partial charge in [0, 0.05) is 0 Å². The first-order chi connectivity index (χ1) is 7.74. The van der Waals surface area contributed by atoms with Crippen molar-refractivity contribution >= 4 is 5.97 Å². The number of aliphatic hydroxyl groups excluding tert-OH is 1. The van der Waals surface area contributed by atoms with Crippen molar-refractivity contribution in [3.63, 3.8) is 0 Å². The van der Waals surface area contributed by atoms with Crippen molar-refractivity contribution in [2.75, 3.05) is 20.3 Å². The van der Waals surface area contributed by atoms with Crippen LogP contribution in [0, 0.1) is 0 Å². The van der Waals surface area contributed by atoms with E-state index >= 15 is 0 Å². The van der Waals surface area contributed by atoms with Gasteiger partial charge in [-0.05, 0) is 18.2 Å². The topological polar surface area (TPSA) is 65.0 Å². The third-order valence-corrected chi connectivity index (χ3v) is 2.29. The van der Waals surface area contributed by atoms with Crippen molar-refractivity contribution in [1.29, 1.82) is 0 Å². The molecule has 0 spiro atoms. The zero-order valence-electron chi connectivity index (χ0n) is 8.80. The van der Waals surface area contributed by atoms with E-state index in [1.54, 1.807) is 18.2 Å². The van der Waals surface area contributed by atoms with E-state index in [4.69, 9.17) is 14.6 Å². The first kappa shape index (κ1) is 10.8. The van der Waals surface area contributed by atoms with Gasteiger partial charge in [-0.2, -0.15) is 0 Å². The Bertz CT molecular complexity index is 401. The summed E-state index contributed by atoms with van der Waals surface area (Å²) in [6.45, 7) is 0.183. The smallest absolute Gasteiger partial charge is 0.337 e. The number of ether oxygens (including phenoxy) is 3. The Morgan fingerprint density at radius 1 is 1.56 bits per heavy atom. The molecular formula is C11H12O5. The molecule has 0 bridgehead atoms. The van der Waals surface area contributed by atoms with Crippen LogP contribution in [-0.4, -0.2) is 37.5 Å². The lowest BCUT2D eigenvalue weighted by Crippen LogP contribution is -2.32. The van der Waals surface area contributed by atoms with Crippen LogP contribution >= 0.6 is 0 Å². The summed E-state index contributed by atoms with van der Waals surface area (Å²) in [6.07, 6.45) is -0.389. The Balaban J connectivity index is 2.27. The fourth-order valence-corrected chi connectivity index (χ4v) is 1.45. The quantitative estimate of drug-likeness (QED) is 0.745. The van der Waals surface area contributed by atoms with Gasteiger partial charge in [0.25, 0.3) is 0 Å². The summed E-state index contributed by atoms with van der Waals surface area (Å²) in [7, 11) is 1.32. The standard InChI is InChI=1S/C11H12O5/c1-14-11(13)7-2-3-9-10(4-7)16-8(5-12)6-15-9/h2-4,8,12H,5-6H2,1H3/t8-/m1/s1. The number of carbonyl (C=O) groups is 1. The molecule has 0 unspecified atom stereocenters. The summed E-state index contributed by atoms with van der Waals surface area (Å²) in [5, 5.41) is 8.94. The Morgan fingerprint density at radius 2 is 2.38 bits per heavy atom. The summed E-state index contributed by atoms with van der Waals surface area (Å²) < 4.78 is 15.4. The molecule has 0 saturated heterocycles. The number of carbonyl (C=O) groups excluding carboxylic acids is 1. The van der Waals surface area contributed by atoms with Crippen molar-refractivity contribution < 1.29 is 24.1 Å². The average molecular weight is 224 g/mol. The predicted octanol–water partition coefficient (Wildman–Crippen LogP) is 0.605. The third kappa shape index (κ3) is 1.94. The van der Waals surface area contributed by atoms with E-state index in [0.717, 1.165) is 0 Å². The SMILES string of the molecule is COC(=O)c1ccc2c(c1)O[C@H](CO)CO2. The van der Waals surface area contributed by atoms with Crippen molar-refractivity contribution in [3.05, 3.63) is 23.8 Å². The lowest BCUT2D eigenvalue weighted by atomic mass is 10.2. The highest BCUT2D eigenvalue weighted by atomic mass is 16.6. The van der Waals surface area contributed by atoms with Crippen LogP contribution in [0.4, 0.5) is 0 Å². The van der Waals surface area contributed by atoms with Gasteiger partial charge in [0.05, 0.1) is 19.3 Å². The number of aliphatic hydroxyl groups is 1. The van der Waals surface area contributed by atoms with Gasteiger partial charge in [0.2, 0.25) is 0 Å². The third-order valence-electron chi connectivity index (χ3n) is 2.29. The van der Waals surface area contributed by atoms with Gasteiger partial charge in [-0.15, -0.1) is 0 Å². The monoisotopic (exact) mass is 224 g/mol. The fraction of sp³-hybridized carbons (Fsp3) is 0.364.